The Bertz CT molecular complexity index is 212. The third-order valence-corrected chi connectivity index (χ3v) is 2.34. The summed E-state index contributed by atoms with van der Waals surface area (Å²) in [6.07, 6.45) is 2.74. The average Bonchev–Trinajstić information content (AvgIpc) is 2.03. The molecule has 1 rings (SSSR count). The Balaban J connectivity index is 2.56. The monoisotopic (exact) mass is 186 g/mol. The van der Waals surface area contributed by atoms with E-state index >= 15 is 0 Å². The molecule has 2 unspecified atom stereocenters. The normalized spacial score (nSPS) is 28.1. The fourth-order valence-electron chi connectivity index (χ4n) is 1.73. The van der Waals surface area contributed by atoms with Gasteiger partial charge in [-0.15, -0.1) is 0 Å². The van der Waals surface area contributed by atoms with Crippen molar-refractivity contribution in [2.75, 3.05) is 0 Å². The summed E-state index contributed by atoms with van der Waals surface area (Å²) >= 11 is 0. The lowest BCUT2D eigenvalue weighted by molar-refractivity contribution is -0.159. The third kappa shape index (κ3) is 2.72. The maximum atomic E-state index is 10.8. The van der Waals surface area contributed by atoms with E-state index in [1.165, 1.54) is 6.92 Å². The first-order valence-electron chi connectivity index (χ1n) is 4.51. The van der Waals surface area contributed by atoms with Crippen LogP contribution in [-0.2, 0) is 14.3 Å². The average molecular weight is 186 g/mol. The molecule has 4 heteroatoms. The molecule has 0 aromatic rings. The van der Waals surface area contributed by atoms with E-state index in [0.717, 1.165) is 12.8 Å². The summed E-state index contributed by atoms with van der Waals surface area (Å²) in [5.74, 6) is -1.75. The molecular weight excluding hydrogens is 172 g/mol. The summed E-state index contributed by atoms with van der Waals surface area (Å²) in [7, 11) is 0. The lowest BCUT2D eigenvalue weighted by Crippen LogP contribution is -2.34. The van der Waals surface area contributed by atoms with Crippen LogP contribution in [0.2, 0.25) is 0 Å². The highest BCUT2D eigenvalue weighted by Gasteiger charge is 2.32. The highest BCUT2D eigenvalue weighted by Crippen LogP contribution is 2.27. The Kier molecular flexibility index (Phi) is 3.28. The summed E-state index contributed by atoms with van der Waals surface area (Å²) in [4.78, 5) is 21.4. The molecule has 0 aromatic carbocycles. The van der Waals surface area contributed by atoms with Gasteiger partial charge in [0.25, 0.3) is 0 Å². The standard InChI is InChI=1S/C9H14O4/c1-6(10)13-8-5-3-2-4-7(8)9(11)12/h7-8H,2-5H2,1H3,(H,11,12). The van der Waals surface area contributed by atoms with E-state index in [0.29, 0.717) is 12.8 Å². The second-order valence-electron chi connectivity index (χ2n) is 3.38. The molecule has 0 bridgehead atoms. The first kappa shape index (κ1) is 10.0. The molecule has 1 N–H and O–H groups in total. The largest absolute Gasteiger partial charge is 0.481 e. The van der Waals surface area contributed by atoms with Crippen molar-refractivity contribution in [3.05, 3.63) is 0 Å². The van der Waals surface area contributed by atoms with Gasteiger partial charge in [-0.2, -0.15) is 0 Å². The Morgan fingerprint density at radius 1 is 1.31 bits per heavy atom. The van der Waals surface area contributed by atoms with Gasteiger partial charge in [-0.25, -0.2) is 0 Å². The zero-order chi connectivity index (χ0) is 9.84. The van der Waals surface area contributed by atoms with Crippen molar-refractivity contribution in [1.82, 2.24) is 0 Å². The highest BCUT2D eigenvalue weighted by atomic mass is 16.5. The summed E-state index contributed by atoms with van der Waals surface area (Å²) in [6, 6.07) is 0. The lowest BCUT2D eigenvalue weighted by atomic mass is 9.86. The van der Waals surface area contributed by atoms with Crippen LogP contribution in [-0.4, -0.2) is 23.1 Å². The van der Waals surface area contributed by atoms with Crippen LogP contribution in [0.25, 0.3) is 0 Å². The molecule has 0 aliphatic heterocycles. The Hall–Kier alpha value is -1.06. The van der Waals surface area contributed by atoms with Crippen LogP contribution in [0.4, 0.5) is 0 Å². The fourth-order valence-corrected chi connectivity index (χ4v) is 1.73. The molecule has 4 nitrogen and oxygen atoms in total. The number of esters is 1. The smallest absolute Gasteiger partial charge is 0.310 e. The van der Waals surface area contributed by atoms with Gasteiger partial charge in [-0.05, 0) is 19.3 Å². The SMILES string of the molecule is CC(=O)OC1CCCCC1C(=O)O. The van der Waals surface area contributed by atoms with Crippen LogP contribution in [0.5, 0.6) is 0 Å². The number of carbonyl (C=O) groups excluding carboxylic acids is 1. The van der Waals surface area contributed by atoms with Crippen molar-refractivity contribution in [1.29, 1.82) is 0 Å². The molecule has 2 atom stereocenters. The van der Waals surface area contributed by atoms with E-state index in [1.807, 2.05) is 0 Å². The van der Waals surface area contributed by atoms with E-state index in [2.05, 4.69) is 0 Å². The number of carbonyl (C=O) groups is 2. The summed E-state index contributed by atoms with van der Waals surface area (Å²) in [5, 5.41) is 8.83. The molecule has 0 aromatic heterocycles. The topological polar surface area (TPSA) is 63.6 Å². The van der Waals surface area contributed by atoms with Gasteiger partial charge in [0.05, 0.1) is 5.92 Å². The summed E-state index contributed by atoms with van der Waals surface area (Å²) in [5.41, 5.74) is 0. The molecule has 1 saturated carbocycles. The van der Waals surface area contributed by atoms with Gasteiger partial charge in [0.15, 0.2) is 0 Å². The van der Waals surface area contributed by atoms with E-state index in [4.69, 9.17) is 9.84 Å². The van der Waals surface area contributed by atoms with E-state index in [1.54, 1.807) is 0 Å². The first-order valence-corrected chi connectivity index (χ1v) is 4.51. The Morgan fingerprint density at radius 3 is 2.46 bits per heavy atom. The second kappa shape index (κ2) is 4.25. The zero-order valence-electron chi connectivity index (χ0n) is 7.66. The van der Waals surface area contributed by atoms with Crippen molar-refractivity contribution >= 4 is 11.9 Å². The van der Waals surface area contributed by atoms with Gasteiger partial charge < -0.3 is 9.84 Å². The minimum Gasteiger partial charge on any atom is -0.481 e. The van der Waals surface area contributed by atoms with Crippen LogP contribution in [0.3, 0.4) is 0 Å². The second-order valence-corrected chi connectivity index (χ2v) is 3.38. The van der Waals surface area contributed by atoms with Crippen LogP contribution < -0.4 is 0 Å². The van der Waals surface area contributed by atoms with E-state index in [9.17, 15) is 9.59 Å². The minimum absolute atomic E-state index is 0.391. The quantitative estimate of drug-likeness (QED) is 0.658. The molecule has 13 heavy (non-hydrogen) atoms. The predicted octanol–water partition coefficient (Wildman–Crippen LogP) is 1.19. The van der Waals surface area contributed by atoms with Gasteiger partial charge in [-0.1, -0.05) is 6.42 Å². The predicted molar refractivity (Wildman–Crippen MR) is 45.1 cm³/mol. The van der Waals surface area contributed by atoms with Crippen molar-refractivity contribution in [2.24, 2.45) is 5.92 Å². The summed E-state index contributed by atoms with van der Waals surface area (Å²) in [6.45, 7) is 1.31. The number of carboxylic acid groups (broad SMARTS) is 1. The van der Waals surface area contributed by atoms with Gasteiger partial charge in [0.1, 0.15) is 6.10 Å². The fraction of sp³-hybridized carbons (Fsp3) is 0.778. The molecule has 0 radical (unpaired) electrons. The van der Waals surface area contributed by atoms with Crippen molar-refractivity contribution in [3.63, 3.8) is 0 Å². The van der Waals surface area contributed by atoms with Gasteiger partial charge in [0.2, 0.25) is 0 Å². The van der Waals surface area contributed by atoms with Crippen molar-refractivity contribution < 1.29 is 19.4 Å². The zero-order valence-corrected chi connectivity index (χ0v) is 7.66. The maximum Gasteiger partial charge on any atom is 0.310 e. The third-order valence-electron chi connectivity index (χ3n) is 2.34. The number of aliphatic carboxylic acids is 1. The first-order chi connectivity index (χ1) is 6.11. The molecule has 0 heterocycles. The van der Waals surface area contributed by atoms with Crippen LogP contribution in [0.1, 0.15) is 32.6 Å². The van der Waals surface area contributed by atoms with Gasteiger partial charge in [-0.3, -0.25) is 9.59 Å². The van der Waals surface area contributed by atoms with Crippen LogP contribution >= 0.6 is 0 Å². The minimum atomic E-state index is -0.856. The number of rotatable bonds is 2. The Morgan fingerprint density at radius 2 is 1.92 bits per heavy atom. The number of hydrogen-bond acceptors (Lipinski definition) is 3. The molecule has 0 amide bonds. The van der Waals surface area contributed by atoms with Crippen LogP contribution in [0, 0.1) is 5.92 Å². The molecule has 0 spiro atoms. The number of hydrogen-bond donors (Lipinski definition) is 1. The van der Waals surface area contributed by atoms with Gasteiger partial charge >= 0.3 is 11.9 Å². The van der Waals surface area contributed by atoms with Crippen molar-refractivity contribution in [3.8, 4) is 0 Å². The molecule has 1 fully saturated rings. The van der Waals surface area contributed by atoms with Crippen molar-refractivity contribution in [2.45, 2.75) is 38.7 Å². The molecule has 74 valence electrons. The number of carboxylic acids is 1. The molecule has 1 aliphatic carbocycles. The lowest BCUT2D eigenvalue weighted by Gasteiger charge is -2.27. The van der Waals surface area contributed by atoms with Gasteiger partial charge in [0, 0.05) is 6.92 Å². The summed E-state index contributed by atoms with van der Waals surface area (Å²) < 4.78 is 4.95. The maximum absolute atomic E-state index is 10.8. The molecule has 0 saturated heterocycles. The molecule has 1 aliphatic rings. The Labute approximate surface area is 76.9 Å². The number of ether oxygens (including phenoxy) is 1. The van der Waals surface area contributed by atoms with E-state index in [-0.39, 0.29) is 0 Å². The van der Waals surface area contributed by atoms with E-state index < -0.39 is 24.0 Å². The van der Waals surface area contributed by atoms with Crippen LogP contribution in [0.15, 0.2) is 0 Å². The highest BCUT2D eigenvalue weighted by molar-refractivity contribution is 5.72. The molecular formula is C9H14O4.